The van der Waals surface area contributed by atoms with Crippen LogP contribution in [0.4, 0.5) is 0 Å². The lowest BCUT2D eigenvalue weighted by Crippen LogP contribution is -2.28. The zero-order valence-electron chi connectivity index (χ0n) is 6.17. The molecule has 2 aliphatic rings. The van der Waals surface area contributed by atoms with Gasteiger partial charge in [-0.05, 0) is 19.4 Å². The van der Waals surface area contributed by atoms with Crippen molar-refractivity contribution in [3.8, 4) is 0 Å². The second kappa shape index (κ2) is 2.49. The largest absolute Gasteiger partial charge is 0.353 e. The van der Waals surface area contributed by atoms with Crippen LogP contribution in [-0.4, -0.2) is 32.1 Å². The number of rotatable bonds is 2. The minimum Gasteiger partial charge on any atom is -0.353 e. The molecule has 2 rings (SSSR count). The van der Waals surface area contributed by atoms with Crippen LogP contribution in [0.1, 0.15) is 12.8 Å². The van der Waals surface area contributed by atoms with E-state index >= 15 is 0 Å². The molecule has 0 aromatic carbocycles. The fourth-order valence-electron chi connectivity index (χ4n) is 1.58. The van der Waals surface area contributed by atoms with Gasteiger partial charge in [0.15, 0.2) is 6.29 Å². The van der Waals surface area contributed by atoms with Crippen molar-refractivity contribution in [1.82, 2.24) is 5.32 Å². The van der Waals surface area contributed by atoms with Crippen molar-refractivity contribution in [2.24, 2.45) is 0 Å². The minimum atomic E-state index is 0.0793. The average Bonchev–Trinajstić information content (AvgIpc) is 2.56. The predicted molar refractivity (Wildman–Crippen MR) is 36.7 cm³/mol. The Balaban J connectivity index is 1.79. The van der Waals surface area contributed by atoms with Crippen LogP contribution in [0.15, 0.2) is 0 Å². The van der Waals surface area contributed by atoms with Gasteiger partial charge in [-0.1, -0.05) is 0 Å². The van der Waals surface area contributed by atoms with E-state index in [4.69, 9.17) is 9.47 Å². The maximum absolute atomic E-state index is 5.27. The first-order valence-corrected chi connectivity index (χ1v) is 3.83. The summed E-state index contributed by atoms with van der Waals surface area (Å²) in [6.45, 7) is 1.14. The number of epoxide rings is 1. The molecule has 1 N–H and O–H groups in total. The topological polar surface area (TPSA) is 33.8 Å². The Labute approximate surface area is 60.7 Å². The lowest BCUT2D eigenvalue weighted by Gasteiger charge is -2.03. The number of hydrogen-bond acceptors (Lipinski definition) is 3. The molecule has 2 fully saturated rings. The molecule has 0 aliphatic carbocycles. The molecule has 3 nitrogen and oxygen atoms in total. The SMILES string of the molecule is COC1OC1C1CCCN1. The normalized spacial score (nSPS) is 45.9. The first kappa shape index (κ1) is 6.58. The van der Waals surface area contributed by atoms with Gasteiger partial charge in [0.1, 0.15) is 6.10 Å². The molecular formula is C7H13NO2. The van der Waals surface area contributed by atoms with Gasteiger partial charge in [0.05, 0.1) is 0 Å². The van der Waals surface area contributed by atoms with Crippen molar-refractivity contribution in [1.29, 1.82) is 0 Å². The third-order valence-corrected chi connectivity index (χ3v) is 2.21. The van der Waals surface area contributed by atoms with E-state index in [9.17, 15) is 0 Å². The Hall–Kier alpha value is -0.120. The van der Waals surface area contributed by atoms with Gasteiger partial charge in [-0.2, -0.15) is 0 Å². The van der Waals surface area contributed by atoms with E-state index in [1.54, 1.807) is 7.11 Å². The highest BCUT2D eigenvalue weighted by Crippen LogP contribution is 2.29. The molecule has 58 valence electrons. The van der Waals surface area contributed by atoms with Gasteiger partial charge in [0.25, 0.3) is 0 Å². The molecule has 0 saturated carbocycles. The first-order valence-electron chi connectivity index (χ1n) is 3.83. The molecule has 3 heteroatoms. The van der Waals surface area contributed by atoms with Crippen LogP contribution in [0.3, 0.4) is 0 Å². The van der Waals surface area contributed by atoms with Crippen LogP contribution in [0, 0.1) is 0 Å². The molecule has 0 spiro atoms. The first-order chi connectivity index (χ1) is 4.92. The van der Waals surface area contributed by atoms with E-state index in [1.165, 1.54) is 12.8 Å². The summed E-state index contributed by atoms with van der Waals surface area (Å²) >= 11 is 0. The molecule has 0 radical (unpaired) electrons. The fourth-order valence-corrected chi connectivity index (χ4v) is 1.58. The molecule has 2 heterocycles. The van der Waals surface area contributed by atoms with Gasteiger partial charge in [-0.3, -0.25) is 0 Å². The van der Waals surface area contributed by atoms with Crippen molar-refractivity contribution in [2.45, 2.75) is 31.3 Å². The summed E-state index contributed by atoms with van der Waals surface area (Å²) in [5.74, 6) is 0. The molecule has 10 heavy (non-hydrogen) atoms. The van der Waals surface area contributed by atoms with E-state index in [2.05, 4.69) is 5.32 Å². The van der Waals surface area contributed by atoms with Gasteiger partial charge in [0.2, 0.25) is 0 Å². The maximum atomic E-state index is 5.27. The molecule has 3 unspecified atom stereocenters. The molecule has 0 aromatic heterocycles. The van der Waals surface area contributed by atoms with Crippen molar-refractivity contribution in [2.75, 3.05) is 13.7 Å². The van der Waals surface area contributed by atoms with Gasteiger partial charge >= 0.3 is 0 Å². The van der Waals surface area contributed by atoms with Gasteiger partial charge in [-0.15, -0.1) is 0 Å². The van der Waals surface area contributed by atoms with E-state index in [-0.39, 0.29) is 6.29 Å². The summed E-state index contributed by atoms with van der Waals surface area (Å²) in [5, 5.41) is 3.38. The van der Waals surface area contributed by atoms with E-state index in [0.29, 0.717) is 12.1 Å². The van der Waals surface area contributed by atoms with Crippen molar-refractivity contribution < 1.29 is 9.47 Å². The van der Waals surface area contributed by atoms with Crippen molar-refractivity contribution in [3.63, 3.8) is 0 Å². The monoisotopic (exact) mass is 143 g/mol. The fraction of sp³-hybridized carbons (Fsp3) is 1.00. The standard InChI is InChI=1S/C7H13NO2/c1-9-7-6(10-7)5-3-2-4-8-5/h5-8H,2-4H2,1H3. The van der Waals surface area contributed by atoms with Crippen molar-refractivity contribution in [3.05, 3.63) is 0 Å². The highest BCUT2D eigenvalue weighted by Gasteiger charge is 2.45. The number of nitrogens with one attached hydrogen (secondary N) is 1. The Morgan fingerprint density at radius 1 is 1.60 bits per heavy atom. The molecular weight excluding hydrogens is 130 g/mol. The Morgan fingerprint density at radius 3 is 3.00 bits per heavy atom. The molecule has 0 bridgehead atoms. The Kier molecular flexibility index (Phi) is 1.64. The van der Waals surface area contributed by atoms with Gasteiger partial charge in [-0.25, -0.2) is 0 Å². The molecule has 0 amide bonds. The van der Waals surface area contributed by atoms with E-state index < -0.39 is 0 Å². The lowest BCUT2D eigenvalue weighted by atomic mass is 10.2. The Bertz CT molecular complexity index is 123. The van der Waals surface area contributed by atoms with Crippen LogP contribution >= 0.6 is 0 Å². The molecule has 0 aromatic rings. The van der Waals surface area contributed by atoms with Gasteiger partial charge < -0.3 is 14.8 Å². The third-order valence-electron chi connectivity index (χ3n) is 2.21. The second-order valence-corrected chi connectivity index (χ2v) is 2.91. The highest BCUT2D eigenvalue weighted by atomic mass is 16.8. The molecule has 2 aliphatic heterocycles. The summed E-state index contributed by atoms with van der Waals surface area (Å²) in [6.07, 6.45) is 2.94. The highest BCUT2D eigenvalue weighted by molar-refractivity contribution is 4.92. The summed E-state index contributed by atoms with van der Waals surface area (Å²) in [6, 6.07) is 0.560. The number of methoxy groups -OCH3 is 1. The van der Waals surface area contributed by atoms with Crippen LogP contribution in [-0.2, 0) is 9.47 Å². The zero-order chi connectivity index (χ0) is 6.97. The molecule has 2 saturated heterocycles. The molecule has 3 atom stereocenters. The minimum absolute atomic E-state index is 0.0793. The van der Waals surface area contributed by atoms with Gasteiger partial charge in [0, 0.05) is 13.2 Å². The zero-order valence-corrected chi connectivity index (χ0v) is 6.17. The smallest absolute Gasteiger partial charge is 0.185 e. The van der Waals surface area contributed by atoms with E-state index in [0.717, 1.165) is 6.54 Å². The Morgan fingerprint density at radius 2 is 2.50 bits per heavy atom. The average molecular weight is 143 g/mol. The van der Waals surface area contributed by atoms with Crippen molar-refractivity contribution >= 4 is 0 Å². The van der Waals surface area contributed by atoms with Crippen LogP contribution in [0.5, 0.6) is 0 Å². The number of ether oxygens (including phenoxy) is 2. The summed E-state index contributed by atoms with van der Waals surface area (Å²) in [7, 11) is 1.69. The lowest BCUT2D eigenvalue weighted by molar-refractivity contribution is 0.0950. The van der Waals surface area contributed by atoms with Crippen LogP contribution in [0.25, 0.3) is 0 Å². The quantitative estimate of drug-likeness (QED) is 0.557. The summed E-state index contributed by atoms with van der Waals surface area (Å²) in [4.78, 5) is 0. The number of hydrogen-bond donors (Lipinski definition) is 1. The van der Waals surface area contributed by atoms with Crippen LogP contribution < -0.4 is 5.32 Å². The van der Waals surface area contributed by atoms with Crippen LogP contribution in [0.2, 0.25) is 0 Å². The summed E-state index contributed by atoms with van der Waals surface area (Å²) in [5.41, 5.74) is 0. The second-order valence-electron chi connectivity index (χ2n) is 2.91. The predicted octanol–water partition coefficient (Wildman–Crippen LogP) is 0.110. The van der Waals surface area contributed by atoms with E-state index in [1.807, 2.05) is 0 Å². The maximum Gasteiger partial charge on any atom is 0.185 e. The summed E-state index contributed by atoms with van der Waals surface area (Å²) < 4.78 is 10.3. The third kappa shape index (κ3) is 1.05.